The first-order valence-corrected chi connectivity index (χ1v) is 8.68. The number of hydrogen-bond acceptors (Lipinski definition) is 2. The summed E-state index contributed by atoms with van der Waals surface area (Å²) in [6.07, 6.45) is 2.81. The van der Waals surface area contributed by atoms with Crippen LogP contribution in [0.15, 0.2) is 69.9 Å². The third-order valence-electron chi connectivity index (χ3n) is 3.82. The van der Waals surface area contributed by atoms with Crippen LogP contribution in [-0.4, -0.2) is 15.4 Å². The third kappa shape index (κ3) is 2.76. The average Bonchev–Trinajstić information content (AvgIpc) is 2.47. The van der Waals surface area contributed by atoms with E-state index in [1.807, 2.05) is 36.4 Å². The minimum Gasteiger partial charge on any atom is -0.266 e. The highest BCUT2D eigenvalue weighted by molar-refractivity contribution is 7.94. The van der Waals surface area contributed by atoms with E-state index in [0.717, 1.165) is 19.3 Å². The SMILES string of the molecule is O=C(N=S(=O)(c1ccccc1)C1CCC1)c1ccccc1. The fraction of sp³-hybridized carbons (Fsp3) is 0.235. The van der Waals surface area contributed by atoms with Gasteiger partial charge >= 0.3 is 0 Å². The summed E-state index contributed by atoms with van der Waals surface area (Å²) in [6.45, 7) is 0. The van der Waals surface area contributed by atoms with Crippen LogP contribution in [0.2, 0.25) is 0 Å². The van der Waals surface area contributed by atoms with Crippen molar-refractivity contribution in [2.24, 2.45) is 4.36 Å². The van der Waals surface area contributed by atoms with Crippen LogP contribution in [0.3, 0.4) is 0 Å². The zero-order chi connectivity index (χ0) is 14.7. The predicted octanol–water partition coefficient (Wildman–Crippen LogP) is 3.91. The fourth-order valence-corrected chi connectivity index (χ4v) is 4.89. The lowest BCUT2D eigenvalue weighted by molar-refractivity contribution is 0.100. The van der Waals surface area contributed by atoms with Gasteiger partial charge in [0.2, 0.25) is 0 Å². The van der Waals surface area contributed by atoms with Crippen LogP contribution < -0.4 is 0 Å². The van der Waals surface area contributed by atoms with Crippen molar-refractivity contribution in [3.8, 4) is 0 Å². The predicted molar refractivity (Wildman–Crippen MR) is 83.7 cm³/mol. The van der Waals surface area contributed by atoms with E-state index in [1.54, 1.807) is 24.3 Å². The van der Waals surface area contributed by atoms with E-state index in [0.29, 0.717) is 10.5 Å². The van der Waals surface area contributed by atoms with Crippen LogP contribution in [0, 0.1) is 0 Å². The molecule has 0 aliphatic heterocycles. The molecule has 1 fully saturated rings. The molecule has 1 saturated carbocycles. The average molecular weight is 299 g/mol. The van der Waals surface area contributed by atoms with Crippen molar-refractivity contribution in [1.82, 2.24) is 0 Å². The Kier molecular flexibility index (Phi) is 3.88. The maximum absolute atomic E-state index is 13.4. The van der Waals surface area contributed by atoms with Gasteiger partial charge in [-0.05, 0) is 37.1 Å². The summed E-state index contributed by atoms with van der Waals surface area (Å²) in [7, 11) is -2.68. The molecule has 3 nitrogen and oxygen atoms in total. The Balaban J connectivity index is 2.06. The van der Waals surface area contributed by atoms with Gasteiger partial charge in [-0.2, -0.15) is 4.36 Å². The molecular formula is C17H17NO2S. The molecule has 2 aromatic carbocycles. The van der Waals surface area contributed by atoms with Gasteiger partial charge in [0.05, 0.1) is 9.73 Å². The van der Waals surface area contributed by atoms with Crippen LogP contribution in [0.1, 0.15) is 29.6 Å². The van der Waals surface area contributed by atoms with Crippen molar-refractivity contribution >= 4 is 15.6 Å². The molecule has 4 heteroatoms. The number of hydrogen-bond donors (Lipinski definition) is 0. The molecule has 0 aromatic heterocycles. The quantitative estimate of drug-likeness (QED) is 0.862. The molecule has 1 aliphatic rings. The van der Waals surface area contributed by atoms with E-state index < -0.39 is 15.6 Å². The number of carbonyl (C=O) groups is 1. The monoisotopic (exact) mass is 299 g/mol. The molecule has 1 aliphatic carbocycles. The van der Waals surface area contributed by atoms with Gasteiger partial charge in [0.1, 0.15) is 0 Å². The fourth-order valence-electron chi connectivity index (χ4n) is 2.38. The molecule has 0 saturated heterocycles. The Morgan fingerprint density at radius 1 is 0.952 bits per heavy atom. The van der Waals surface area contributed by atoms with E-state index in [9.17, 15) is 9.00 Å². The molecule has 0 heterocycles. The molecule has 1 amide bonds. The largest absolute Gasteiger partial charge is 0.285 e. The zero-order valence-electron chi connectivity index (χ0n) is 11.6. The Labute approximate surface area is 125 Å². The summed E-state index contributed by atoms with van der Waals surface area (Å²) in [5, 5.41) is -0.00689. The topological polar surface area (TPSA) is 46.5 Å². The highest BCUT2D eigenvalue weighted by atomic mass is 32.2. The van der Waals surface area contributed by atoms with Crippen LogP contribution in [0.4, 0.5) is 0 Å². The lowest BCUT2D eigenvalue weighted by Gasteiger charge is -2.28. The summed E-state index contributed by atoms with van der Waals surface area (Å²) >= 11 is 0. The summed E-state index contributed by atoms with van der Waals surface area (Å²) in [4.78, 5) is 13.0. The molecule has 3 rings (SSSR count). The van der Waals surface area contributed by atoms with Gasteiger partial charge in [-0.3, -0.25) is 4.79 Å². The van der Waals surface area contributed by atoms with E-state index in [-0.39, 0.29) is 5.25 Å². The Morgan fingerprint density at radius 3 is 2.05 bits per heavy atom. The second-order valence-corrected chi connectivity index (χ2v) is 7.65. The van der Waals surface area contributed by atoms with E-state index >= 15 is 0 Å². The van der Waals surface area contributed by atoms with Crippen LogP contribution in [0.25, 0.3) is 0 Å². The van der Waals surface area contributed by atoms with Crippen LogP contribution in [-0.2, 0) is 9.73 Å². The Hall–Kier alpha value is -1.94. The molecule has 2 aromatic rings. The minimum absolute atomic E-state index is 0.00689. The zero-order valence-corrected chi connectivity index (χ0v) is 12.5. The first kappa shape index (κ1) is 14.0. The van der Waals surface area contributed by atoms with Crippen molar-refractivity contribution in [3.63, 3.8) is 0 Å². The first-order chi connectivity index (χ1) is 10.2. The second kappa shape index (κ2) is 5.82. The van der Waals surface area contributed by atoms with Gasteiger partial charge in [0, 0.05) is 15.7 Å². The number of rotatable bonds is 3. The first-order valence-electron chi connectivity index (χ1n) is 7.10. The van der Waals surface area contributed by atoms with Crippen LogP contribution >= 0.6 is 0 Å². The van der Waals surface area contributed by atoms with E-state index in [2.05, 4.69) is 4.36 Å². The minimum atomic E-state index is -2.68. The van der Waals surface area contributed by atoms with Gasteiger partial charge in [0.25, 0.3) is 5.91 Å². The highest BCUT2D eigenvalue weighted by Gasteiger charge is 2.31. The second-order valence-electron chi connectivity index (χ2n) is 5.20. The highest BCUT2D eigenvalue weighted by Crippen LogP contribution is 2.33. The Bertz CT molecular complexity index is 743. The molecule has 0 bridgehead atoms. The number of benzene rings is 2. The molecule has 21 heavy (non-hydrogen) atoms. The van der Waals surface area contributed by atoms with E-state index in [1.165, 1.54) is 0 Å². The summed E-state index contributed by atoms with van der Waals surface area (Å²) in [5.74, 6) is -0.392. The van der Waals surface area contributed by atoms with Gasteiger partial charge in [-0.1, -0.05) is 42.8 Å². The lowest BCUT2D eigenvalue weighted by Crippen LogP contribution is -2.29. The number of nitrogens with zero attached hydrogens (tertiary/aromatic N) is 1. The van der Waals surface area contributed by atoms with Gasteiger partial charge in [0.15, 0.2) is 0 Å². The Morgan fingerprint density at radius 2 is 1.52 bits per heavy atom. The smallest absolute Gasteiger partial charge is 0.266 e. The maximum atomic E-state index is 13.4. The normalized spacial score (nSPS) is 17.5. The summed E-state index contributed by atoms with van der Waals surface area (Å²) < 4.78 is 17.5. The molecular weight excluding hydrogens is 282 g/mol. The molecule has 1 atom stereocenters. The van der Waals surface area contributed by atoms with Crippen LogP contribution in [0.5, 0.6) is 0 Å². The molecule has 0 radical (unpaired) electrons. The van der Waals surface area contributed by atoms with Crippen molar-refractivity contribution < 1.29 is 9.00 Å². The lowest BCUT2D eigenvalue weighted by atomic mass is 10.00. The molecule has 108 valence electrons. The van der Waals surface area contributed by atoms with Crippen molar-refractivity contribution in [1.29, 1.82) is 0 Å². The third-order valence-corrected chi connectivity index (χ3v) is 6.58. The van der Waals surface area contributed by atoms with Gasteiger partial charge in [-0.15, -0.1) is 0 Å². The summed E-state index contributed by atoms with van der Waals surface area (Å²) in [5.41, 5.74) is 0.487. The molecule has 1 unspecified atom stereocenters. The number of amides is 1. The van der Waals surface area contributed by atoms with Crippen molar-refractivity contribution in [3.05, 3.63) is 66.2 Å². The van der Waals surface area contributed by atoms with Crippen molar-refractivity contribution in [2.45, 2.75) is 29.4 Å². The summed E-state index contributed by atoms with van der Waals surface area (Å²) in [6, 6.07) is 18.0. The van der Waals surface area contributed by atoms with E-state index in [4.69, 9.17) is 0 Å². The van der Waals surface area contributed by atoms with Gasteiger partial charge in [-0.25, -0.2) is 4.21 Å². The van der Waals surface area contributed by atoms with Crippen molar-refractivity contribution in [2.75, 3.05) is 0 Å². The number of carbonyl (C=O) groups excluding carboxylic acids is 1. The molecule has 0 spiro atoms. The molecule has 0 N–H and O–H groups in total. The van der Waals surface area contributed by atoms with Gasteiger partial charge < -0.3 is 0 Å². The maximum Gasteiger partial charge on any atom is 0.285 e. The standard InChI is InChI=1S/C17H17NO2S/c19-17(14-8-3-1-4-9-14)18-21(20,16-12-7-13-16)15-10-5-2-6-11-15/h1-6,8-11,16H,7,12-13H2.